The number of hydrogen-bond donors (Lipinski definition) is 2. The first-order valence-corrected chi connectivity index (χ1v) is 7.51. The Labute approximate surface area is 125 Å². The third kappa shape index (κ3) is 4.32. The molecule has 116 valence electrons. The summed E-state index contributed by atoms with van der Waals surface area (Å²) in [5, 5.41) is 17.6. The van der Waals surface area contributed by atoms with E-state index >= 15 is 0 Å². The summed E-state index contributed by atoms with van der Waals surface area (Å²) in [6.07, 6.45) is 3.26. The Kier molecular flexibility index (Phi) is 5.38. The summed E-state index contributed by atoms with van der Waals surface area (Å²) >= 11 is 0. The molecule has 1 aliphatic heterocycles. The van der Waals surface area contributed by atoms with Crippen molar-refractivity contribution < 1.29 is 9.66 Å². The lowest BCUT2D eigenvalue weighted by Gasteiger charge is -2.21. The summed E-state index contributed by atoms with van der Waals surface area (Å²) < 4.78 is 5.65. The second-order valence-electron chi connectivity index (χ2n) is 5.44. The molecule has 1 fully saturated rings. The van der Waals surface area contributed by atoms with Crippen molar-refractivity contribution in [2.75, 3.05) is 23.8 Å². The van der Waals surface area contributed by atoms with E-state index in [2.05, 4.69) is 17.6 Å². The zero-order valence-corrected chi connectivity index (χ0v) is 12.6. The second-order valence-corrected chi connectivity index (χ2v) is 5.44. The predicted molar refractivity (Wildman–Crippen MR) is 83.9 cm³/mol. The number of ether oxygens (including phenoxy) is 1. The number of nitro groups is 1. The van der Waals surface area contributed by atoms with Crippen molar-refractivity contribution in [1.29, 1.82) is 0 Å². The van der Waals surface area contributed by atoms with E-state index in [0.29, 0.717) is 0 Å². The van der Waals surface area contributed by atoms with Crippen molar-refractivity contribution in [3.8, 4) is 0 Å². The van der Waals surface area contributed by atoms with E-state index in [0.717, 1.165) is 43.8 Å². The number of anilines is 2. The molecule has 1 saturated heterocycles. The van der Waals surface area contributed by atoms with Crippen LogP contribution in [-0.2, 0) is 4.74 Å². The van der Waals surface area contributed by atoms with Crippen LogP contribution in [0.5, 0.6) is 0 Å². The van der Waals surface area contributed by atoms with E-state index in [1.54, 1.807) is 12.1 Å². The number of nitrogens with one attached hydrogen (secondary N) is 2. The van der Waals surface area contributed by atoms with Gasteiger partial charge in [-0.15, -0.1) is 0 Å². The first-order chi connectivity index (χ1) is 10.1. The molecule has 6 heteroatoms. The maximum absolute atomic E-state index is 11.0. The van der Waals surface area contributed by atoms with Crippen LogP contribution >= 0.6 is 0 Å². The lowest BCUT2D eigenvalue weighted by Crippen LogP contribution is -2.30. The zero-order chi connectivity index (χ0) is 15.2. The first kappa shape index (κ1) is 15.6. The number of nitrogens with zero attached hydrogens (tertiary/aromatic N) is 1. The molecule has 0 amide bonds. The quantitative estimate of drug-likeness (QED) is 0.595. The highest BCUT2D eigenvalue weighted by molar-refractivity contribution is 5.63. The van der Waals surface area contributed by atoms with Gasteiger partial charge in [-0.1, -0.05) is 6.92 Å². The molecule has 2 N–H and O–H groups in total. The number of non-ortho nitro benzene ring substituents is 1. The maximum atomic E-state index is 11.0. The van der Waals surface area contributed by atoms with Gasteiger partial charge in [-0.25, -0.2) is 0 Å². The van der Waals surface area contributed by atoms with Gasteiger partial charge >= 0.3 is 0 Å². The topological polar surface area (TPSA) is 76.4 Å². The third-order valence-electron chi connectivity index (χ3n) is 3.62. The van der Waals surface area contributed by atoms with Gasteiger partial charge in [-0.2, -0.15) is 0 Å². The smallest absolute Gasteiger partial charge is 0.273 e. The van der Waals surface area contributed by atoms with Gasteiger partial charge in [0.25, 0.3) is 5.69 Å². The highest BCUT2D eigenvalue weighted by Crippen LogP contribution is 2.26. The largest absolute Gasteiger partial charge is 0.385 e. The average molecular weight is 293 g/mol. The summed E-state index contributed by atoms with van der Waals surface area (Å²) in [6.45, 7) is 5.70. The van der Waals surface area contributed by atoms with Gasteiger partial charge in [0.05, 0.1) is 11.0 Å². The number of hydrogen-bond acceptors (Lipinski definition) is 5. The number of nitro benzene ring substituents is 1. The Morgan fingerprint density at radius 2 is 2.19 bits per heavy atom. The minimum atomic E-state index is -0.362. The molecule has 0 saturated carbocycles. The number of rotatable bonds is 7. The van der Waals surface area contributed by atoms with Crippen LogP contribution in [0.1, 0.15) is 33.1 Å². The summed E-state index contributed by atoms with van der Waals surface area (Å²) in [5.41, 5.74) is 1.62. The minimum absolute atomic E-state index is 0.0955. The van der Waals surface area contributed by atoms with Crippen LogP contribution < -0.4 is 10.6 Å². The molecular weight excluding hydrogens is 270 g/mol. The van der Waals surface area contributed by atoms with Gasteiger partial charge in [0, 0.05) is 42.7 Å². The summed E-state index contributed by atoms with van der Waals surface area (Å²) in [6, 6.07) is 5.18. The Morgan fingerprint density at radius 3 is 2.81 bits per heavy atom. The van der Waals surface area contributed by atoms with Crippen LogP contribution in [0.3, 0.4) is 0 Å². The Balaban J connectivity index is 2.12. The SMILES string of the molecule is CCCNc1cc(NC(C)C2CCCO2)cc([N+](=O)[O-])c1. The molecule has 2 unspecified atom stereocenters. The van der Waals surface area contributed by atoms with Crippen molar-refractivity contribution in [2.24, 2.45) is 0 Å². The predicted octanol–water partition coefficient (Wildman–Crippen LogP) is 3.40. The monoisotopic (exact) mass is 293 g/mol. The molecule has 1 aromatic rings. The molecular formula is C15H23N3O3. The summed E-state index contributed by atoms with van der Waals surface area (Å²) in [5.74, 6) is 0. The summed E-state index contributed by atoms with van der Waals surface area (Å²) in [4.78, 5) is 10.7. The Bertz CT molecular complexity index is 487. The van der Waals surface area contributed by atoms with Gasteiger partial charge in [-0.05, 0) is 32.3 Å². The fourth-order valence-corrected chi connectivity index (χ4v) is 2.52. The lowest BCUT2D eigenvalue weighted by molar-refractivity contribution is -0.384. The van der Waals surface area contributed by atoms with E-state index in [1.807, 2.05) is 13.0 Å². The minimum Gasteiger partial charge on any atom is -0.385 e. The van der Waals surface area contributed by atoms with Crippen molar-refractivity contribution >= 4 is 17.1 Å². The normalized spacial score (nSPS) is 19.2. The number of benzene rings is 1. The van der Waals surface area contributed by atoms with E-state index in [4.69, 9.17) is 4.74 Å². The van der Waals surface area contributed by atoms with Gasteiger partial charge in [0.2, 0.25) is 0 Å². The fourth-order valence-electron chi connectivity index (χ4n) is 2.52. The van der Waals surface area contributed by atoms with Gasteiger partial charge in [0.1, 0.15) is 0 Å². The molecule has 1 aromatic carbocycles. The van der Waals surface area contributed by atoms with Gasteiger partial charge in [0.15, 0.2) is 0 Å². The van der Waals surface area contributed by atoms with Crippen LogP contribution in [0.25, 0.3) is 0 Å². The molecule has 0 bridgehead atoms. The molecule has 1 aliphatic rings. The van der Waals surface area contributed by atoms with Crippen molar-refractivity contribution in [3.63, 3.8) is 0 Å². The van der Waals surface area contributed by atoms with E-state index in [9.17, 15) is 10.1 Å². The van der Waals surface area contributed by atoms with Crippen LogP contribution in [-0.4, -0.2) is 30.2 Å². The Hall–Kier alpha value is -1.82. The molecule has 0 radical (unpaired) electrons. The van der Waals surface area contributed by atoms with Crippen molar-refractivity contribution in [1.82, 2.24) is 0 Å². The van der Waals surface area contributed by atoms with Crippen molar-refractivity contribution in [2.45, 2.75) is 45.3 Å². The highest BCUT2D eigenvalue weighted by atomic mass is 16.6. The third-order valence-corrected chi connectivity index (χ3v) is 3.62. The zero-order valence-electron chi connectivity index (χ0n) is 12.6. The van der Waals surface area contributed by atoms with Crippen molar-refractivity contribution in [3.05, 3.63) is 28.3 Å². The summed E-state index contributed by atoms with van der Waals surface area (Å²) in [7, 11) is 0. The van der Waals surface area contributed by atoms with E-state index in [1.165, 1.54) is 0 Å². The standard InChI is InChI=1S/C15H23N3O3/c1-3-6-16-12-8-13(10-14(9-12)18(19)20)17-11(2)15-5-4-7-21-15/h8-11,15-17H,3-7H2,1-2H3. The van der Waals surface area contributed by atoms with Crippen LogP contribution in [0.4, 0.5) is 17.1 Å². The molecule has 0 aromatic heterocycles. The van der Waals surface area contributed by atoms with Gasteiger partial charge in [-0.3, -0.25) is 10.1 Å². The molecule has 0 aliphatic carbocycles. The molecule has 2 rings (SSSR count). The van der Waals surface area contributed by atoms with Crippen LogP contribution in [0.2, 0.25) is 0 Å². The highest BCUT2D eigenvalue weighted by Gasteiger charge is 2.22. The van der Waals surface area contributed by atoms with E-state index < -0.39 is 0 Å². The Morgan fingerprint density at radius 1 is 1.43 bits per heavy atom. The molecule has 0 spiro atoms. The van der Waals surface area contributed by atoms with Crippen LogP contribution in [0, 0.1) is 10.1 Å². The molecule has 1 heterocycles. The fraction of sp³-hybridized carbons (Fsp3) is 0.600. The molecule has 21 heavy (non-hydrogen) atoms. The lowest BCUT2D eigenvalue weighted by atomic mass is 10.1. The van der Waals surface area contributed by atoms with E-state index in [-0.39, 0.29) is 22.8 Å². The average Bonchev–Trinajstić information content (AvgIpc) is 2.99. The molecule has 2 atom stereocenters. The van der Waals surface area contributed by atoms with Crippen LogP contribution in [0.15, 0.2) is 18.2 Å². The van der Waals surface area contributed by atoms with Gasteiger partial charge < -0.3 is 15.4 Å². The second kappa shape index (κ2) is 7.26. The molecule has 6 nitrogen and oxygen atoms in total. The maximum Gasteiger partial charge on any atom is 0.273 e. The first-order valence-electron chi connectivity index (χ1n) is 7.51.